The van der Waals surface area contributed by atoms with E-state index in [4.69, 9.17) is 4.10 Å². The summed E-state index contributed by atoms with van der Waals surface area (Å²) in [5.74, 6) is 0. The zero-order valence-corrected chi connectivity index (χ0v) is 7.44. The standard InChI is InChI=1S/C5H13BO3S/c1-4-6(5-2)9-10(3,7)8/h4-5H2,1-3H3. The Labute approximate surface area is 63.0 Å². The van der Waals surface area contributed by atoms with E-state index in [1.54, 1.807) is 0 Å². The third kappa shape index (κ3) is 4.82. The summed E-state index contributed by atoms with van der Waals surface area (Å²) in [5.41, 5.74) is 0. The molecule has 0 aliphatic rings. The van der Waals surface area contributed by atoms with Gasteiger partial charge < -0.3 is 4.10 Å². The van der Waals surface area contributed by atoms with Crippen LogP contribution in [0.5, 0.6) is 0 Å². The van der Waals surface area contributed by atoms with E-state index in [9.17, 15) is 8.42 Å². The van der Waals surface area contributed by atoms with E-state index in [0.717, 1.165) is 18.9 Å². The van der Waals surface area contributed by atoms with Gasteiger partial charge in [0.1, 0.15) is 0 Å². The molecule has 0 N–H and O–H groups in total. The highest BCUT2D eigenvalue weighted by atomic mass is 32.2. The molecule has 0 atom stereocenters. The summed E-state index contributed by atoms with van der Waals surface area (Å²) in [6, 6.07) is 0. The van der Waals surface area contributed by atoms with Gasteiger partial charge in [-0.25, -0.2) is 8.42 Å². The van der Waals surface area contributed by atoms with E-state index in [2.05, 4.69) is 0 Å². The van der Waals surface area contributed by atoms with Gasteiger partial charge in [0.25, 0.3) is 10.1 Å². The second-order valence-electron chi connectivity index (χ2n) is 2.24. The third-order valence-corrected chi connectivity index (χ3v) is 1.84. The molecule has 0 rings (SSSR count). The van der Waals surface area contributed by atoms with Crippen LogP contribution in [0.4, 0.5) is 0 Å². The van der Waals surface area contributed by atoms with E-state index in [-0.39, 0.29) is 6.92 Å². The van der Waals surface area contributed by atoms with Crippen LogP contribution in [0.25, 0.3) is 0 Å². The monoisotopic (exact) mass is 164 g/mol. The van der Waals surface area contributed by atoms with Gasteiger partial charge in [0, 0.05) is 0 Å². The number of hydrogen-bond acceptors (Lipinski definition) is 3. The van der Waals surface area contributed by atoms with Gasteiger partial charge in [0.2, 0.25) is 0 Å². The van der Waals surface area contributed by atoms with Crippen molar-refractivity contribution in [2.24, 2.45) is 0 Å². The average molecular weight is 164 g/mol. The molecule has 10 heavy (non-hydrogen) atoms. The fourth-order valence-electron chi connectivity index (χ4n) is 0.672. The Bertz CT molecular complexity index is 171. The predicted octanol–water partition coefficient (Wildman–Crippen LogP) is 0.994. The molecule has 5 heteroatoms. The molecule has 0 saturated heterocycles. The lowest BCUT2D eigenvalue weighted by atomic mass is 9.63. The Balaban J connectivity index is 3.87. The van der Waals surface area contributed by atoms with Gasteiger partial charge in [0.05, 0.1) is 6.26 Å². The smallest absolute Gasteiger partial charge is 0.317 e. The fraction of sp³-hybridized carbons (Fsp3) is 1.00. The molecule has 0 saturated carbocycles. The van der Waals surface area contributed by atoms with Gasteiger partial charge >= 0.3 is 6.92 Å². The van der Waals surface area contributed by atoms with Crippen molar-refractivity contribution in [2.45, 2.75) is 26.5 Å². The summed E-state index contributed by atoms with van der Waals surface area (Å²) in [5, 5.41) is 0. The minimum Gasteiger partial charge on any atom is -0.334 e. The lowest BCUT2D eigenvalue weighted by Crippen LogP contribution is -2.19. The molecular weight excluding hydrogens is 151 g/mol. The number of rotatable bonds is 4. The summed E-state index contributed by atoms with van der Waals surface area (Å²) in [6.07, 6.45) is 2.55. The normalized spacial score (nSPS) is 11.5. The second kappa shape index (κ2) is 3.98. The summed E-state index contributed by atoms with van der Waals surface area (Å²) in [4.78, 5) is 0. The first-order chi connectivity index (χ1) is 4.49. The molecule has 0 aromatic rings. The molecule has 0 fully saturated rings. The largest absolute Gasteiger partial charge is 0.334 e. The predicted molar refractivity (Wildman–Crippen MR) is 42.6 cm³/mol. The Morgan fingerprint density at radius 3 is 1.80 bits per heavy atom. The molecule has 0 amide bonds. The van der Waals surface area contributed by atoms with Crippen molar-refractivity contribution in [3.05, 3.63) is 0 Å². The Morgan fingerprint density at radius 1 is 1.30 bits per heavy atom. The molecule has 0 aromatic carbocycles. The lowest BCUT2D eigenvalue weighted by molar-refractivity contribution is 0.497. The zero-order chi connectivity index (χ0) is 8.20. The van der Waals surface area contributed by atoms with Crippen LogP contribution in [-0.4, -0.2) is 21.6 Å². The van der Waals surface area contributed by atoms with Crippen molar-refractivity contribution < 1.29 is 12.5 Å². The third-order valence-electron chi connectivity index (χ3n) is 1.22. The lowest BCUT2D eigenvalue weighted by Gasteiger charge is -2.06. The van der Waals surface area contributed by atoms with Crippen LogP contribution in [-0.2, 0) is 14.2 Å². The molecule has 0 unspecified atom stereocenters. The van der Waals surface area contributed by atoms with Gasteiger partial charge in [0.15, 0.2) is 0 Å². The van der Waals surface area contributed by atoms with Crippen molar-refractivity contribution in [3.8, 4) is 0 Å². The average Bonchev–Trinajstić information content (AvgIpc) is 1.81. The highest BCUT2D eigenvalue weighted by Crippen LogP contribution is 2.02. The maximum absolute atomic E-state index is 10.5. The quantitative estimate of drug-likeness (QED) is 0.582. The summed E-state index contributed by atoms with van der Waals surface area (Å²) >= 11 is 0. The van der Waals surface area contributed by atoms with Crippen LogP contribution in [0.1, 0.15) is 13.8 Å². The van der Waals surface area contributed by atoms with Crippen molar-refractivity contribution >= 4 is 17.0 Å². The van der Waals surface area contributed by atoms with E-state index < -0.39 is 10.1 Å². The topological polar surface area (TPSA) is 43.4 Å². The molecule has 0 radical (unpaired) electrons. The Morgan fingerprint density at radius 2 is 1.70 bits per heavy atom. The maximum atomic E-state index is 10.5. The van der Waals surface area contributed by atoms with Gasteiger partial charge in [-0.15, -0.1) is 0 Å². The minimum absolute atomic E-state index is 0.144. The Hall–Kier alpha value is -0.0251. The molecule has 0 spiro atoms. The van der Waals surface area contributed by atoms with Crippen LogP contribution in [0.2, 0.25) is 12.6 Å². The van der Waals surface area contributed by atoms with Gasteiger partial charge in [-0.05, 0) is 12.6 Å². The summed E-state index contributed by atoms with van der Waals surface area (Å²) in [7, 11) is -3.25. The van der Waals surface area contributed by atoms with E-state index in [1.165, 1.54) is 0 Å². The van der Waals surface area contributed by atoms with Crippen molar-refractivity contribution in [1.82, 2.24) is 0 Å². The van der Waals surface area contributed by atoms with Crippen LogP contribution in [0, 0.1) is 0 Å². The first-order valence-corrected chi connectivity index (χ1v) is 5.19. The highest BCUT2D eigenvalue weighted by molar-refractivity contribution is 7.86. The maximum Gasteiger partial charge on any atom is 0.317 e. The van der Waals surface area contributed by atoms with Crippen molar-refractivity contribution in [1.29, 1.82) is 0 Å². The fourth-order valence-corrected chi connectivity index (χ4v) is 1.44. The molecule has 0 aliphatic carbocycles. The van der Waals surface area contributed by atoms with Crippen LogP contribution in [0.15, 0.2) is 0 Å². The van der Waals surface area contributed by atoms with Gasteiger partial charge in [-0.2, -0.15) is 0 Å². The molecule has 0 heterocycles. The zero-order valence-electron chi connectivity index (χ0n) is 6.62. The SMILES string of the molecule is CCB(CC)OS(C)(=O)=O. The second-order valence-corrected chi connectivity index (χ2v) is 3.84. The molecule has 0 bridgehead atoms. The van der Waals surface area contributed by atoms with Gasteiger partial charge in [-0.1, -0.05) is 13.8 Å². The van der Waals surface area contributed by atoms with E-state index in [1.807, 2.05) is 13.8 Å². The van der Waals surface area contributed by atoms with Crippen molar-refractivity contribution in [3.63, 3.8) is 0 Å². The first-order valence-electron chi connectivity index (χ1n) is 3.37. The number of hydrogen-bond donors (Lipinski definition) is 0. The van der Waals surface area contributed by atoms with Crippen LogP contribution >= 0.6 is 0 Å². The molecule has 0 aromatic heterocycles. The summed E-state index contributed by atoms with van der Waals surface area (Å²) < 4.78 is 25.8. The van der Waals surface area contributed by atoms with Gasteiger partial charge in [-0.3, -0.25) is 0 Å². The van der Waals surface area contributed by atoms with E-state index in [0.29, 0.717) is 0 Å². The van der Waals surface area contributed by atoms with Crippen molar-refractivity contribution in [2.75, 3.05) is 6.26 Å². The molecule has 60 valence electrons. The minimum atomic E-state index is -3.25. The highest BCUT2D eigenvalue weighted by Gasteiger charge is 2.15. The van der Waals surface area contributed by atoms with Crippen LogP contribution < -0.4 is 0 Å². The summed E-state index contributed by atoms with van der Waals surface area (Å²) in [6.45, 7) is 3.66. The molecule has 0 aliphatic heterocycles. The van der Waals surface area contributed by atoms with Crippen LogP contribution in [0.3, 0.4) is 0 Å². The molecule has 3 nitrogen and oxygen atoms in total. The van der Waals surface area contributed by atoms with E-state index >= 15 is 0 Å². The molecular formula is C5H13BO3S. The first kappa shape index (κ1) is 9.97. The Kier molecular flexibility index (Phi) is 3.97.